The maximum Gasteiger partial charge on any atom is 0.328 e. The van der Waals surface area contributed by atoms with Crippen LogP contribution in [-0.2, 0) is 13.6 Å². The maximum atomic E-state index is 11.8. The van der Waals surface area contributed by atoms with Gasteiger partial charge in [-0.05, 0) is 31.6 Å². The molecule has 1 unspecified atom stereocenters. The van der Waals surface area contributed by atoms with Crippen LogP contribution in [0.2, 0.25) is 0 Å². The van der Waals surface area contributed by atoms with E-state index in [1.807, 2.05) is 0 Å². The van der Waals surface area contributed by atoms with Crippen LogP contribution in [0.5, 0.6) is 0 Å². The molecule has 1 aliphatic rings. The van der Waals surface area contributed by atoms with Gasteiger partial charge in [0, 0.05) is 6.66 Å². The molecule has 1 rings (SSSR count). The van der Waals surface area contributed by atoms with Crippen LogP contribution < -0.4 is 0 Å². The van der Waals surface area contributed by atoms with Crippen molar-refractivity contribution in [2.45, 2.75) is 38.7 Å². The van der Waals surface area contributed by atoms with Crippen LogP contribution in [0, 0.1) is 5.92 Å². The van der Waals surface area contributed by atoms with Crippen LogP contribution in [0.15, 0.2) is 12.7 Å². The van der Waals surface area contributed by atoms with Gasteiger partial charge in [-0.2, -0.15) is 0 Å². The topological polar surface area (TPSA) is 35.5 Å². The molecule has 0 saturated heterocycles. The van der Waals surface area contributed by atoms with Gasteiger partial charge in [0.05, 0.1) is 12.7 Å². The Morgan fingerprint density at radius 3 is 2.53 bits per heavy atom. The van der Waals surface area contributed by atoms with E-state index in [0.717, 1.165) is 31.6 Å². The van der Waals surface area contributed by atoms with Gasteiger partial charge in [-0.1, -0.05) is 13.0 Å². The second-order valence-electron chi connectivity index (χ2n) is 4.34. The van der Waals surface area contributed by atoms with E-state index in [-0.39, 0.29) is 12.7 Å². The molecule has 0 amide bonds. The van der Waals surface area contributed by atoms with E-state index in [1.165, 1.54) is 6.66 Å². The Morgan fingerprint density at radius 2 is 2.00 bits per heavy atom. The molecule has 4 heteroatoms. The fraction of sp³-hybridized carbons (Fsp3) is 0.818. The van der Waals surface area contributed by atoms with Gasteiger partial charge in [0.1, 0.15) is 0 Å². The predicted octanol–water partition coefficient (Wildman–Crippen LogP) is 3.61. The van der Waals surface area contributed by atoms with Crippen molar-refractivity contribution in [3.05, 3.63) is 12.7 Å². The zero-order valence-electron chi connectivity index (χ0n) is 9.65. The normalized spacial score (nSPS) is 30.8. The summed E-state index contributed by atoms with van der Waals surface area (Å²) >= 11 is 0. The average molecular weight is 232 g/mol. The van der Waals surface area contributed by atoms with Gasteiger partial charge in [-0.25, -0.2) is 0 Å². The van der Waals surface area contributed by atoms with E-state index in [2.05, 4.69) is 13.5 Å². The molecule has 0 bridgehead atoms. The van der Waals surface area contributed by atoms with Gasteiger partial charge >= 0.3 is 7.60 Å². The summed E-state index contributed by atoms with van der Waals surface area (Å²) in [7, 11) is -2.87. The lowest BCUT2D eigenvalue weighted by atomic mass is 9.89. The molecular formula is C11H21O3P. The zero-order chi connectivity index (χ0) is 11.3. The second kappa shape index (κ2) is 5.83. The summed E-state index contributed by atoms with van der Waals surface area (Å²) in [6.07, 6.45) is 6.01. The third kappa shape index (κ3) is 4.96. The van der Waals surface area contributed by atoms with E-state index in [9.17, 15) is 4.57 Å². The van der Waals surface area contributed by atoms with Crippen LogP contribution in [0.4, 0.5) is 0 Å². The molecule has 0 spiro atoms. The molecular weight excluding hydrogens is 211 g/mol. The fourth-order valence-electron chi connectivity index (χ4n) is 1.82. The second-order valence-corrected chi connectivity index (χ2v) is 6.35. The van der Waals surface area contributed by atoms with E-state index in [4.69, 9.17) is 9.05 Å². The number of hydrogen-bond acceptors (Lipinski definition) is 3. The summed E-state index contributed by atoms with van der Waals surface area (Å²) in [5, 5.41) is 0. The van der Waals surface area contributed by atoms with Crippen LogP contribution in [0.3, 0.4) is 0 Å². The van der Waals surface area contributed by atoms with Crippen LogP contribution in [0.25, 0.3) is 0 Å². The Kier molecular flexibility index (Phi) is 5.04. The van der Waals surface area contributed by atoms with Gasteiger partial charge in [0.15, 0.2) is 0 Å². The highest BCUT2D eigenvalue weighted by atomic mass is 31.2. The first-order valence-corrected chi connectivity index (χ1v) is 7.54. The third-order valence-corrected chi connectivity index (χ3v) is 4.03. The summed E-state index contributed by atoms with van der Waals surface area (Å²) in [4.78, 5) is 0. The van der Waals surface area contributed by atoms with Gasteiger partial charge in [0.2, 0.25) is 0 Å². The van der Waals surface area contributed by atoms with Gasteiger partial charge < -0.3 is 9.05 Å². The summed E-state index contributed by atoms with van der Waals surface area (Å²) < 4.78 is 22.5. The minimum absolute atomic E-state index is 0.113. The van der Waals surface area contributed by atoms with Crippen molar-refractivity contribution in [1.29, 1.82) is 0 Å². The lowest BCUT2D eigenvalue weighted by Gasteiger charge is -2.28. The van der Waals surface area contributed by atoms with Crippen LogP contribution in [-0.4, -0.2) is 19.4 Å². The molecule has 0 aromatic rings. The standard InChI is InChI=1S/C11H21O3P/c1-4-9-13-15(3,12)14-11-7-5-10(2)6-8-11/h4,10-11H,1,5-9H2,2-3H3. The minimum atomic E-state index is -2.87. The molecule has 3 nitrogen and oxygen atoms in total. The van der Waals surface area contributed by atoms with Gasteiger partial charge in [-0.15, -0.1) is 6.58 Å². The Bertz CT molecular complexity index is 244. The summed E-state index contributed by atoms with van der Waals surface area (Å²) in [5.74, 6) is 0.773. The lowest BCUT2D eigenvalue weighted by Crippen LogP contribution is -2.19. The Labute approximate surface area is 92.4 Å². The molecule has 0 heterocycles. The van der Waals surface area contributed by atoms with Crippen molar-refractivity contribution in [2.75, 3.05) is 13.3 Å². The quantitative estimate of drug-likeness (QED) is 0.536. The molecule has 0 aromatic heterocycles. The molecule has 15 heavy (non-hydrogen) atoms. The molecule has 0 aliphatic heterocycles. The summed E-state index contributed by atoms with van der Waals surface area (Å²) in [6.45, 7) is 7.59. The summed E-state index contributed by atoms with van der Waals surface area (Å²) in [6, 6.07) is 0. The first-order chi connectivity index (χ1) is 7.03. The van der Waals surface area contributed by atoms with Crippen molar-refractivity contribution >= 4 is 7.60 Å². The molecule has 0 aromatic carbocycles. The van der Waals surface area contributed by atoms with Crippen LogP contribution in [0.1, 0.15) is 32.6 Å². The highest BCUT2D eigenvalue weighted by Gasteiger charge is 2.26. The third-order valence-electron chi connectivity index (χ3n) is 2.73. The largest absolute Gasteiger partial charge is 0.328 e. The molecule has 1 aliphatic carbocycles. The molecule has 1 atom stereocenters. The highest BCUT2D eigenvalue weighted by molar-refractivity contribution is 7.53. The lowest BCUT2D eigenvalue weighted by molar-refractivity contribution is 0.110. The monoisotopic (exact) mass is 232 g/mol. The Morgan fingerprint density at radius 1 is 1.40 bits per heavy atom. The van der Waals surface area contributed by atoms with E-state index < -0.39 is 7.60 Å². The number of rotatable bonds is 5. The Hall–Kier alpha value is -0.110. The average Bonchev–Trinajstić information content (AvgIpc) is 2.18. The van der Waals surface area contributed by atoms with E-state index in [0.29, 0.717) is 0 Å². The SMILES string of the molecule is C=CCOP(C)(=O)OC1CCC(C)CC1. The van der Waals surface area contributed by atoms with Crippen molar-refractivity contribution < 1.29 is 13.6 Å². The smallest absolute Gasteiger partial charge is 0.305 e. The van der Waals surface area contributed by atoms with Gasteiger partial charge in [0.25, 0.3) is 0 Å². The minimum Gasteiger partial charge on any atom is -0.305 e. The molecule has 1 saturated carbocycles. The molecule has 1 fully saturated rings. The predicted molar refractivity (Wildman–Crippen MR) is 62.2 cm³/mol. The van der Waals surface area contributed by atoms with Gasteiger partial charge in [-0.3, -0.25) is 4.57 Å². The van der Waals surface area contributed by atoms with Crippen molar-refractivity contribution in [2.24, 2.45) is 5.92 Å². The van der Waals surface area contributed by atoms with Crippen LogP contribution >= 0.6 is 7.60 Å². The molecule has 0 N–H and O–H groups in total. The number of hydrogen-bond donors (Lipinski definition) is 0. The van der Waals surface area contributed by atoms with Crippen molar-refractivity contribution in [3.63, 3.8) is 0 Å². The first kappa shape index (κ1) is 13.0. The maximum absolute atomic E-state index is 11.8. The zero-order valence-corrected chi connectivity index (χ0v) is 10.5. The summed E-state index contributed by atoms with van der Waals surface area (Å²) in [5.41, 5.74) is 0. The fourth-order valence-corrected chi connectivity index (χ4v) is 3.01. The molecule has 88 valence electrons. The highest BCUT2D eigenvalue weighted by Crippen LogP contribution is 2.47. The Balaban J connectivity index is 2.33. The van der Waals surface area contributed by atoms with Crippen molar-refractivity contribution in [3.8, 4) is 0 Å². The molecule has 0 radical (unpaired) electrons. The van der Waals surface area contributed by atoms with E-state index >= 15 is 0 Å². The van der Waals surface area contributed by atoms with E-state index in [1.54, 1.807) is 6.08 Å². The van der Waals surface area contributed by atoms with Crippen molar-refractivity contribution in [1.82, 2.24) is 0 Å². The first-order valence-electron chi connectivity index (χ1n) is 5.55.